The average molecular weight is 250 g/mol. The van der Waals surface area contributed by atoms with Crippen LogP contribution in [-0.4, -0.2) is 23.2 Å². The van der Waals surface area contributed by atoms with Crippen LogP contribution in [0.25, 0.3) is 0 Å². The van der Waals surface area contributed by atoms with Crippen LogP contribution in [0.4, 0.5) is 5.69 Å². The zero-order chi connectivity index (χ0) is 13.5. The summed E-state index contributed by atoms with van der Waals surface area (Å²) < 4.78 is 0. The topological polar surface area (TPSA) is 89.3 Å². The first-order valence-corrected chi connectivity index (χ1v) is 5.48. The zero-order valence-electron chi connectivity index (χ0n) is 10.0. The molecule has 0 radical (unpaired) electrons. The van der Waals surface area contributed by atoms with Gasteiger partial charge >= 0.3 is 0 Å². The number of ketones is 1. The Morgan fingerprint density at radius 3 is 2.39 bits per heavy atom. The van der Waals surface area contributed by atoms with E-state index in [1.165, 1.54) is 19.1 Å². The molecule has 0 atom stereocenters. The predicted octanol–water partition coefficient (Wildman–Crippen LogP) is 1.23. The van der Waals surface area contributed by atoms with E-state index in [-0.39, 0.29) is 23.8 Å². The molecule has 0 aromatic heterocycles. The fourth-order valence-electron chi connectivity index (χ4n) is 1.42. The molecule has 6 heteroatoms. The highest BCUT2D eigenvalue weighted by Gasteiger charge is 2.05. The summed E-state index contributed by atoms with van der Waals surface area (Å²) in [6, 6.07) is 6.14. The van der Waals surface area contributed by atoms with Gasteiger partial charge in [0, 0.05) is 18.7 Å². The molecule has 0 spiro atoms. The maximum Gasteiger partial charge on any atom is 0.269 e. The second-order valence-corrected chi connectivity index (χ2v) is 3.90. The molecule has 0 fully saturated rings. The predicted molar refractivity (Wildman–Crippen MR) is 65.1 cm³/mol. The van der Waals surface area contributed by atoms with Gasteiger partial charge in [-0.2, -0.15) is 0 Å². The van der Waals surface area contributed by atoms with Crippen LogP contribution < -0.4 is 5.32 Å². The highest BCUT2D eigenvalue weighted by atomic mass is 16.6. The minimum Gasteiger partial charge on any atom is -0.355 e. The first kappa shape index (κ1) is 13.8. The Kier molecular flexibility index (Phi) is 4.98. The van der Waals surface area contributed by atoms with Gasteiger partial charge in [-0.05, 0) is 18.9 Å². The lowest BCUT2D eigenvalue weighted by Gasteiger charge is -2.03. The number of hydrogen-bond donors (Lipinski definition) is 1. The Bertz CT molecular complexity index is 454. The maximum absolute atomic E-state index is 11.2. The highest BCUT2D eigenvalue weighted by Crippen LogP contribution is 2.11. The lowest BCUT2D eigenvalue weighted by Crippen LogP contribution is -2.27. The molecule has 0 bridgehead atoms. The number of nitro groups is 1. The average Bonchev–Trinajstić information content (AvgIpc) is 2.28. The molecule has 0 unspecified atom stereocenters. The number of carbonyl (C=O) groups excluding carboxylic acids is 2. The van der Waals surface area contributed by atoms with Crippen molar-refractivity contribution in [3.8, 4) is 0 Å². The van der Waals surface area contributed by atoms with E-state index < -0.39 is 4.92 Å². The molecule has 0 saturated heterocycles. The molecule has 1 N–H and O–H groups in total. The molecule has 6 nitrogen and oxygen atoms in total. The summed E-state index contributed by atoms with van der Waals surface area (Å²) in [5.74, 6) is -0.479. The third-order valence-electron chi connectivity index (χ3n) is 2.29. The van der Waals surface area contributed by atoms with Gasteiger partial charge in [0.25, 0.3) is 5.69 Å². The van der Waals surface area contributed by atoms with Crippen molar-refractivity contribution < 1.29 is 14.5 Å². The third-order valence-corrected chi connectivity index (χ3v) is 2.29. The summed E-state index contributed by atoms with van der Waals surface area (Å²) in [7, 11) is 0. The van der Waals surface area contributed by atoms with Crippen molar-refractivity contribution in [1.82, 2.24) is 5.32 Å². The number of carbonyl (C=O) groups is 2. The number of nitro benzene ring substituents is 1. The molecular weight excluding hydrogens is 236 g/mol. The molecule has 0 aliphatic carbocycles. The molecule has 1 aromatic carbocycles. The number of rotatable bonds is 6. The minimum atomic E-state index is -0.460. The lowest BCUT2D eigenvalue weighted by atomic mass is 10.1. The number of nitrogens with one attached hydrogen (secondary N) is 1. The van der Waals surface area contributed by atoms with Crippen LogP contribution in [0, 0.1) is 10.1 Å². The third kappa shape index (κ3) is 4.73. The number of Topliss-reactive ketones (excluding diaryl/α,β-unsaturated/α-hetero) is 1. The number of non-ortho nitro benzene ring substituents is 1. The van der Waals surface area contributed by atoms with Gasteiger partial charge < -0.3 is 5.32 Å². The van der Waals surface area contributed by atoms with Crippen molar-refractivity contribution in [2.75, 3.05) is 6.54 Å². The van der Waals surface area contributed by atoms with Gasteiger partial charge in [0.15, 0.2) is 0 Å². The molecule has 0 aliphatic rings. The Hall–Kier alpha value is -2.24. The summed E-state index contributed by atoms with van der Waals surface area (Å²) >= 11 is 0. The van der Waals surface area contributed by atoms with Gasteiger partial charge in [0.05, 0.1) is 11.3 Å². The van der Waals surface area contributed by atoms with Crippen molar-refractivity contribution in [1.29, 1.82) is 0 Å². The van der Waals surface area contributed by atoms with Crippen molar-refractivity contribution in [3.05, 3.63) is 39.9 Å². The number of nitrogens with zero attached hydrogens (tertiary/aromatic N) is 1. The van der Waals surface area contributed by atoms with Gasteiger partial charge in [-0.15, -0.1) is 0 Å². The second kappa shape index (κ2) is 6.48. The molecule has 18 heavy (non-hydrogen) atoms. The van der Waals surface area contributed by atoms with Gasteiger partial charge in [-0.3, -0.25) is 19.7 Å². The maximum atomic E-state index is 11.2. The van der Waals surface area contributed by atoms with E-state index in [0.29, 0.717) is 13.0 Å². The standard InChI is InChI=1S/C12H14N2O4/c1-9(15)8-12(16)13-7-6-10-2-4-11(5-3-10)14(17)18/h2-5H,6-8H2,1H3,(H,13,16). The molecule has 0 aliphatic heterocycles. The van der Waals surface area contributed by atoms with E-state index in [9.17, 15) is 19.7 Å². The van der Waals surface area contributed by atoms with Crippen LogP contribution in [0.5, 0.6) is 0 Å². The summed E-state index contributed by atoms with van der Waals surface area (Å²) in [6.45, 7) is 1.76. The summed E-state index contributed by atoms with van der Waals surface area (Å²) in [5, 5.41) is 13.0. The van der Waals surface area contributed by atoms with E-state index in [2.05, 4.69) is 5.32 Å². The first-order chi connectivity index (χ1) is 8.49. The molecule has 1 amide bonds. The molecule has 96 valence electrons. The number of benzene rings is 1. The van der Waals surface area contributed by atoms with Crippen LogP contribution in [0.3, 0.4) is 0 Å². The first-order valence-electron chi connectivity index (χ1n) is 5.48. The SMILES string of the molecule is CC(=O)CC(=O)NCCc1ccc([N+](=O)[O-])cc1. The quantitative estimate of drug-likeness (QED) is 0.467. The monoisotopic (exact) mass is 250 g/mol. The van der Waals surface area contributed by atoms with Crippen molar-refractivity contribution in [2.24, 2.45) is 0 Å². The normalized spacial score (nSPS) is 9.83. The zero-order valence-corrected chi connectivity index (χ0v) is 10.0. The smallest absolute Gasteiger partial charge is 0.269 e. The van der Waals surface area contributed by atoms with Gasteiger partial charge in [-0.25, -0.2) is 0 Å². The van der Waals surface area contributed by atoms with E-state index in [1.54, 1.807) is 12.1 Å². The Labute approximate surface area is 104 Å². The van der Waals surface area contributed by atoms with Crippen LogP contribution >= 0.6 is 0 Å². The van der Waals surface area contributed by atoms with Crippen LogP contribution in [0.2, 0.25) is 0 Å². The van der Waals surface area contributed by atoms with Crippen molar-refractivity contribution in [2.45, 2.75) is 19.8 Å². The Morgan fingerprint density at radius 1 is 1.28 bits per heavy atom. The molecular formula is C12H14N2O4. The Morgan fingerprint density at radius 2 is 1.89 bits per heavy atom. The van der Waals surface area contributed by atoms with Gasteiger partial charge in [0.1, 0.15) is 5.78 Å². The van der Waals surface area contributed by atoms with Crippen LogP contribution in [0.15, 0.2) is 24.3 Å². The molecule has 1 aromatic rings. The molecule has 0 heterocycles. The van der Waals surface area contributed by atoms with Crippen molar-refractivity contribution >= 4 is 17.4 Å². The fraction of sp³-hybridized carbons (Fsp3) is 0.333. The highest BCUT2D eigenvalue weighted by molar-refractivity contribution is 5.96. The Balaban J connectivity index is 2.38. The van der Waals surface area contributed by atoms with E-state index in [0.717, 1.165) is 5.56 Å². The molecule has 1 rings (SSSR count). The number of amides is 1. The summed E-state index contributed by atoms with van der Waals surface area (Å²) in [6.07, 6.45) is 0.460. The fourth-order valence-corrected chi connectivity index (χ4v) is 1.42. The van der Waals surface area contributed by atoms with E-state index in [1.807, 2.05) is 0 Å². The van der Waals surface area contributed by atoms with Crippen LogP contribution in [0.1, 0.15) is 18.9 Å². The number of hydrogen-bond acceptors (Lipinski definition) is 4. The minimum absolute atomic E-state index is 0.0411. The van der Waals surface area contributed by atoms with Gasteiger partial charge in [-0.1, -0.05) is 12.1 Å². The molecule has 0 saturated carbocycles. The lowest BCUT2D eigenvalue weighted by molar-refractivity contribution is -0.384. The largest absolute Gasteiger partial charge is 0.355 e. The van der Waals surface area contributed by atoms with E-state index in [4.69, 9.17) is 0 Å². The van der Waals surface area contributed by atoms with Crippen LogP contribution in [-0.2, 0) is 16.0 Å². The second-order valence-electron chi connectivity index (χ2n) is 3.90. The van der Waals surface area contributed by atoms with E-state index >= 15 is 0 Å². The summed E-state index contributed by atoms with van der Waals surface area (Å²) in [5.41, 5.74) is 0.933. The van der Waals surface area contributed by atoms with Gasteiger partial charge in [0.2, 0.25) is 5.91 Å². The summed E-state index contributed by atoms with van der Waals surface area (Å²) in [4.78, 5) is 31.8. The van der Waals surface area contributed by atoms with Crippen molar-refractivity contribution in [3.63, 3.8) is 0 Å².